The molecule has 0 aliphatic rings. The average Bonchev–Trinajstić information content (AvgIpc) is 2.26. The van der Waals surface area contributed by atoms with E-state index in [0.29, 0.717) is 6.42 Å². The van der Waals surface area contributed by atoms with Crippen LogP contribution in [0.2, 0.25) is 0 Å². The summed E-state index contributed by atoms with van der Waals surface area (Å²) in [5.74, 6) is -3.23. The minimum Gasteiger partial charge on any atom is -0.481 e. The minimum absolute atomic E-state index is 0.589. The predicted octanol–water partition coefficient (Wildman–Crippen LogP) is 1.72. The van der Waals surface area contributed by atoms with E-state index in [9.17, 15) is 14.4 Å². The standard InChI is InChI=1S/C14H21NO5/c1-9(2)5-4-6-10(3)7-12(16)15-11(14(19)20)8-13(17)18/h5,7,11H,4,6,8H2,1-3H3,(H,15,16)(H,17,18)(H,19,20). The highest BCUT2D eigenvalue weighted by Gasteiger charge is 2.22. The molecule has 0 bridgehead atoms. The molecule has 0 saturated heterocycles. The third-order valence-corrected chi connectivity index (χ3v) is 2.46. The van der Waals surface area contributed by atoms with Crippen LogP contribution in [-0.2, 0) is 14.4 Å². The molecule has 0 fully saturated rings. The van der Waals surface area contributed by atoms with Crippen molar-refractivity contribution in [3.8, 4) is 0 Å². The highest BCUT2D eigenvalue weighted by Crippen LogP contribution is 2.06. The van der Waals surface area contributed by atoms with Crippen molar-refractivity contribution in [2.24, 2.45) is 0 Å². The molecule has 0 heterocycles. The first-order valence-electron chi connectivity index (χ1n) is 6.28. The zero-order valence-electron chi connectivity index (χ0n) is 12.0. The molecule has 20 heavy (non-hydrogen) atoms. The second kappa shape index (κ2) is 8.90. The fraction of sp³-hybridized carbons (Fsp3) is 0.500. The fourth-order valence-corrected chi connectivity index (χ4v) is 1.47. The summed E-state index contributed by atoms with van der Waals surface area (Å²) in [5, 5.41) is 19.5. The summed E-state index contributed by atoms with van der Waals surface area (Å²) >= 11 is 0. The van der Waals surface area contributed by atoms with E-state index < -0.39 is 30.3 Å². The monoisotopic (exact) mass is 283 g/mol. The van der Waals surface area contributed by atoms with E-state index in [-0.39, 0.29) is 0 Å². The van der Waals surface area contributed by atoms with E-state index >= 15 is 0 Å². The first-order chi connectivity index (χ1) is 9.22. The van der Waals surface area contributed by atoms with Gasteiger partial charge in [0.1, 0.15) is 6.04 Å². The maximum absolute atomic E-state index is 11.6. The zero-order chi connectivity index (χ0) is 15.7. The molecule has 0 aliphatic carbocycles. The zero-order valence-corrected chi connectivity index (χ0v) is 12.0. The van der Waals surface area contributed by atoms with Crippen molar-refractivity contribution in [3.63, 3.8) is 0 Å². The number of hydrogen-bond acceptors (Lipinski definition) is 3. The molecule has 3 N–H and O–H groups in total. The number of aliphatic carboxylic acids is 2. The summed E-state index contributed by atoms with van der Waals surface area (Å²) < 4.78 is 0. The van der Waals surface area contributed by atoms with Gasteiger partial charge in [-0.2, -0.15) is 0 Å². The van der Waals surface area contributed by atoms with Gasteiger partial charge in [-0.05, 0) is 33.6 Å². The highest BCUT2D eigenvalue weighted by atomic mass is 16.4. The average molecular weight is 283 g/mol. The second-order valence-electron chi connectivity index (χ2n) is 4.81. The Labute approximate surface area is 118 Å². The smallest absolute Gasteiger partial charge is 0.326 e. The summed E-state index contributed by atoms with van der Waals surface area (Å²) in [6.07, 6.45) is 4.19. The molecule has 6 heteroatoms. The Bertz CT molecular complexity index is 433. The Kier molecular flexibility index (Phi) is 7.96. The number of rotatable bonds is 8. The molecule has 6 nitrogen and oxygen atoms in total. The van der Waals surface area contributed by atoms with Crippen LogP contribution in [0.4, 0.5) is 0 Å². The molecule has 1 atom stereocenters. The van der Waals surface area contributed by atoms with Gasteiger partial charge in [-0.1, -0.05) is 17.2 Å². The topological polar surface area (TPSA) is 104 Å². The quantitative estimate of drug-likeness (QED) is 0.465. The number of allylic oxidation sites excluding steroid dienone is 3. The van der Waals surface area contributed by atoms with Crippen LogP contribution in [0.1, 0.15) is 40.0 Å². The Balaban J connectivity index is 4.46. The van der Waals surface area contributed by atoms with Gasteiger partial charge >= 0.3 is 11.9 Å². The summed E-state index contributed by atoms with van der Waals surface area (Å²) in [6, 6.07) is -1.41. The molecule has 0 aromatic rings. The lowest BCUT2D eigenvalue weighted by molar-refractivity contribution is -0.146. The maximum atomic E-state index is 11.6. The molecule has 0 spiro atoms. The largest absolute Gasteiger partial charge is 0.481 e. The van der Waals surface area contributed by atoms with Crippen molar-refractivity contribution < 1.29 is 24.6 Å². The van der Waals surface area contributed by atoms with Crippen molar-refractivity contribution >= 4 is 17.8 Å². The van der Waals surface area contributed by atoms with Crippen LogP contribution in [0, 0.1) is 0 Å². The van der Waals surface area contributed by atoms with Gasteiger partial charge in [0.2, 0.25) is 5.91 Å². The molecular formula is C14H21NO5. The Morgan fingerprint density at radius 2 is 1.75 bits per heavy atom. The van der Waals surface area contributed by atoms with Crippen LogP contribution in [0.25, 0.3) is 0 Å². The van der Waals surface area contributed by atoms with Gasteiger partial charge in [0.05, 0.1) is 6.42 Å². The number of carboxylic acid groups (broad SMARTS) is 2. The Hall–Kier alpha value is -2.11. The van der Waals surface area contributed by atoms with E-state index in [1.807, 2.05) is 19.9 Å². The molecule has 1 unspecified atom stereocenters. The van der Waals surface area contributed by atoms with Crippen LogP contribution in [0.5, 0.6) is 0 Å². The number of nitrogens with one attached hydrogen (secondary N) is 1. The van der Waals surface area contributed by atoms with E-state index in [1.165, 1.54) is 11.6 Å². The van der Waals surface area contributed by atoms with Crippen LogP contribution in [0.3, 0.4) is 0 Å². The van der Waals surface area contributed by atoms with Crippen molar-refractivity contribution in [2.45, 2.75) is 46.1 Å². The van der Waals surface area contributed by atoms with Gasteiger partial charge in [0.15, 0.2) is 0 Å². The molecule has 0 aromatic heterocycles. The highest BCUT2D eigenvalue weighted by molar-refractivity contribution is 5.92. The van der Waals surface area contributed by atoms with Crippen molar-refractivity contribution in [2.75, 3.05) is 0 Å². The summed E-state index contributed by atoms with van der Waals surface area (Å²) in [4.78, 5) is 32.9. The summed E-state index contributed by atoms with van der Waals surface area (Å²) in [6.45, 7) is 5.73. The maximum Gasteiger partial charge on any atom is 0.326 e. The minimum atomic E-state index is -1.41. The second-order valence-corrected chi connectivity index (χ2v) is 4.81. The summed E-state index contributed by atoms with van der Waals surface area (Å²) in [7, 11) is 0. The molecule has 0 saturated carbocycles. The van der Waals surface area contributed by atoms with E-state index in [2.05, 4.69) is 5.32 Å². The van der Waals surface area contributed by atoms with Gasteiger partial charge in [-0.25, -0.2) is 4.79 Å². The van der Waals surface area contributed by atoms with Gasteiger partial charge in [0.25, 0.3) is 0 Å². The van der Waals surface area contributed by atoms with E-state index in [0.717, 1.165) is 12.0 Å². The SMILES string of the molecule is CC(C)=CCCC(C)=CC(=O)NC(CC(=O)O)C(=O)O. The molecule has 0 radical (unpaired) electrons. The fourth-order valence-electron chi connectivity index (χ4n) is 1.47. The molecule has 0 aromatic carbocycles. The van der Waals surface area contributed by atoms with Gasteiger partial charge < -0.3 is 15.5 Å². The lowest BCUT2D eigenvalue weighted by Gasteiger charge is -2.11. The number of amides is 1. The van der Waals surface area contributed by atoms with Crippen LogP contribution in [0.15, 0.2) is 23.3 Å². The van der Waals surface area contributed by atoms with Crippen molar-refractivity contribution in [1.29, 1.82) is 0 Å². The normalized spacial score (nSPS) is 12.4. The number of carbonyl (C=O) groups is 3. The van der Waals surface area contributed by atoms with Crippen molar-refractivity contribution in [3.05, 3.63) is 23.3 Å². The Morgan fingerprint density at radius 3 is 2.20 bits per heavy atom. The van der Waals surface area contributed by atoms with Gasteiger partial charge in [0, 0.05) is 6.08 Å². The molecule has 112 valence electrons. The van der Waals surface area contributed by atoms with Gasteiger partial charge in [-0.15, -0.1) is 0 Å². The number of carbonyl (C=O) groups excluding carboxylic acids is 1. The van der Waals surface area contributed by atoms with E-state index in [1.54, 1.807) is 6.92 Å². The number of carboxylic acids is 2. The molecule has 0 rings (SSSR count). The Morgan fingerprint density at radius 1 is 1.15 bits per heavy atom. The third-order valence-electron chi connectivity index (χ3n) is 2.46. The predicted molar refractivity (Wildman–Crippen MR) is 74.2 cm³/mol. The molecular weight excluding hydrogens is 262 g/mol. The van der Waals surface area contributed by atoms with Crippen LogP contribution >= 0.6 is 0 Å². The van der Waals surface area contributed by atoms with E-state index in [4.69, 9.17) is 10.2 Å². The first kappa shape index (κ1) is 17.9. The third kappa shape index (κ3) is 8.91. The van der Waals surface area contributed by atoms with Crippen molar-refractivity contribution in [1.82, 2.24) is 5.32 Å². The van der Waals surface area contributed by atoms with Gasteiger partial charge in [-0.3, -0.25) is 9.59 Å². The first-order valence-corrected chi connectivity index (χ1v) is 6.28. The van der Waals surface area contributed by atoms with Crippen LogP contribution < -0.4 is 5.32 Å². The van der Waals surface area contributed by atoms with Crippen LogP contribution in [-0.4, -0.2) is 34.1 Å². The molecule has 1 amide bonds. The summed E-state index contributed by atoms with van der Waals surface area (Å²) in [5.41, 5.74) is 1.99. The lowest BCUT2D eigenvalue weighted by Crippen LogP contribution is -2.41. The number of hydrogen-bond donors (Lipinski definition) is 3. The molecule has 0 aliphatic heterocycles. The lowest BCUT2D eigenvalue weighted by atomic mass is 10.1.